The molecular formula is C34H50F6NOP. The first-order chi connectivity index (χ1) is 20.3. The van der Waals surface area contributed by atoms with Crippen LogP contribution in [-0.4, -0.2) is 6.10 Å². The number of hydrogen-bond donors (Lipinski definition) is 0. The third-order valence-corrected chi connectivity index (χ3v) is 7.45. The second-order valence-electron chi connectivity index (χ2n) is 11.5. The van der Waals surface area contributed by atoms with Crippen LogP contribution < -0.4 is 9.72 Å². The van der Waals surface area contributed by atoms with E-state index in [1.54, 1.807) is 0 Å². The number of aromatic amines is 1. The first-order valence-corrected chi connectivity index (χ1v) is 18.0. The Kier molecular flexibility index (Phi) is 15.3. The Balaban J connectivity index is 0.000000821. The maximum atomic E-state index is 9.87. The van der Waals surface area contributed by atoms with Crippen molar-refractivity contribution in [3.05, 3.63) is 72.6 Å². The number of unbranched alkanes of at least 4 members (excludes halogenated alkanes) is 14. The summed E-state index contributed by atoms with van der Waals surface area (Å²) in [6.07, 6.45) is 27.2. The van der Waals surface area contributed by atoms with Crippen molar-refractivity contribution in [3.63, 3.8) is 0 Å². The molecule has 0 saturated heterocycles. The van der Waals surface area contributed by atoms with Crippen molar-refractivity contribution in [2.24, 2.45) is 0 Å². The van der Waals surface area contributed by atoms with Gasteiger partial charge in [-0.1, -0.05) is 139 Å². The molecule has 0 amide bonds. The molecule has 0 radical (unpaired) electrons. The van der Waals surface area contributed by atoms with E-state index in [2.05, 4.69) is 54.4 Å². The number of halogens is 6. The summed E-state index contributed by atoms with van der Waals surface area (Å²) >= 11 is 0. The number of pyridine rings is 1. The molecule has 43 heavy (non-hydrogen) atoms. The van der Waals surface area contributed by atoms with Crippen LogP contribution in [0.2, 0.25) is 0 Å². The van der Waals surface area contributed by atoms with Crippen LogP contribution >= 0.6 is 7.81 Å². The van der Waals surface area contributed by atoms with E-state index >= 15 is 0 Å². The van der Waals surface area contributed by atoms with Crippen molar-refractivity contribution in [2.75, 3.05) is 0 Å². The Labute approximate surface area is 253 Å². The summed E-state index contributed by atoms with van der Waals surface area (Å²) in [5.74, 6) is 0.958. The summed E-state index contributed by atoms with van der Waals surface area (Å²) in [7, 11) is -10.7. The molecular weight excluding hydrogens is 583 g/mol. The Morgan fingerprint density at radius 1 is 0.605 bits per heavy atom. The van der Waals surface area contributed by atoms with Gasteiger partial charge in [0.2, 0.25) is 0 Å². The van der Waals surface area contributed by atoms with Gasteiger partial charge in [-0.2, -0.15) is 0 Å². The van der Waals surface area contributed by atoms with Gasteiger partial charge < -0.3 is 4.74 Å². The molecule has 1 heterocycles. The van der Waals surface area contributed by atoms with Gasteiger partial charge in [0.15, 0.2) is 12.4 Å². The van der Waals surface area contributed by atoms with E-state index in [0.717, 1.165) is 18.6 Å². The molecule has 0 fully saturated rings. The topological polar surface area (TPSA) is 23.4 Å². The molecule has 2 nitrogen and oxygen atoms in total. The third kappa shape index (κ3) is 21.1. The van der Waals surface area contributed by atoms with Gasteiger partial charge in [-0.3, -0.25) is 0 Å². The second kappa shape index (κ2) is 17.8. The van der Waals surface area contributed by atoms with E-state index in [9.17, 15) is 25.2 Å². The molecule has 244 valence electrons. The summed E-state index contributed by atoms with van der Waals surface area (Å²) < 4.78 is 65.7. The van der Waals surface area contributed by atoms with Gasteiger partial charge in [0.1, 0.15) is 11.9 Å². The maximum absolute atomic E-state index is 10.7. The van der Waals surface area contributed by atoms with E-state index < -0.39 is 7.81 Å². The molecule has 0 saturated carbocycles. The van der Waals surface area contributed by atoms with Crippen LogP contribution in [0.4, 0.5) is 25.2 Å². The molecule has 2 aromatic carbocycles. The Hall–Kier alpha value is -2.34. The summed E-state index contributed by atoms with van der Waals surface area (Å²) in [6, 6.07) is 19.4. The number of nitrogens with one attached hydrogen (secondary N) is 1. The number of aromatic nitrogens is 1. The Morgan fingerprint density at radius 2 is 1.07 bits per heavy atom. The summed E-state index contributed by atoms with van der Waals surface area (Å²) in [4.78, 5) is 3.10. The van der Waals surface area contributed by atoms with Gasteiger partial charge in [-0.15, -0.1) is 0 Å². The number of fused-ring (bicyclic) bond motifs is 1. The van der Waals surface area contributed by atoms with E-state index in [0.29, 0.717) is 0 Å². The molecule has 3 aromatic rings. The summed E-state index contributed by atoms with van der Waals surface area (Å²) in [5, 5.41) is 2.67. The number of benzene rings is 2. The van der Waals surface area contributed by atoms with Gasteiger partial charge in [-0.25, -0.2) is 4.98 Å². The molecule has 1 N–H and O–H groups in total. The molecule has 9 heteroatoms. The molecule has 3 rings (SSSR count). The Morgan fingerprint density at radius 3 is 1.60 bits per heavy atom. The zero-order chi connectivity index (χ0) is 31.5. The molecule has 0 spiro atoms. The van der Waals surface area contributed by atoms with Crippen molar-refractivity contribution in [2.45, 2.75) is 122 Å². The average molecular weight is 634 g/mol. The van der Waals surface area contributed by atoms with Gasteiger partial charge in [0, 0.05) is 18.6 Å². The van der Waals surface area contributed by atoms with Crippen LogP contribution in [-0.2, 0) is 6.42 Å². The second-order valence-corrected chi connectivity index (χ2v) is 13.4. The summed E-state index contributed by atoms with van der Waals surface area (Å²) in [6.45, 7) is 2.30. The van der Waals surface area contributed by atoms with Crippen molar-refractivity contribution < 1.29 is 34.9 Å². The zero-order valence-electron chi connectivity index (χ0n) is 25.6. The molecule has 0 aliphatic rings. The standard InChI is InChI=1S/C34H49NO.F6P/c1-2-3-4-5-6-7-8-9-10-11-12-13-14-15-16-23-33(36-32-25-27-35-28-26-32)29-31-22-19-21-30-20-17-18-24-34(30)31;1-7(2,3,4,5)6/h17-22,24-28,33H,2-16,23,29H2,1H3;/q;-1/p+1. The number of ether oxygens (including phenoxy) is 1. The minimum absolute atomic E-state index is 0.208. The van der Waals surface area contributed by atoms with Crippen LogP contribution in [0.3, 0.4) is 0 Å². The molecule has 1 atom stereocenters. The normalized spacial score (nSPS) is 13.9. The number of rotatable bonds is 20. The fourth-order valence-electron chi connectivity index (χ4n) is 5.30. The molecule has 0 aliphatic carbocycles. The van der Waals surface area contributed by atoms with Gasteiger partial charge in [0.25, 0.3) is 0 Å². The fraction of sp³-hybridized carbons (Fsp3) is 0.559. The van der Waals surface area contributed by atoms with E-state index in [1.807, 2.05) is 24.5 Å². The first kappa shape index (κ1) is 36.8. The van der Waals surface area contributed by atoms with Gasteiger partial charge in [-0.05, 0) is 29.2 Å². The predicted molar refractivity (Wildman–Crippen MR) is 168 cm³/mol. The molecule has 1 unspecified atom stereocenters. The van der Waals surface area contributed by atoms with Gasteiger partial charge in [0.05, 0.1) is 0 Å². The number of H-pyrrole nitrogens is 1. The quantitative estimate of drug-likeness (QED) is 0.0690. The third-order valence-electron chi connectivity index (χ3n) is 7.45. The SMILES string of the molecule is CCCCCCCCCCCCCCCCCC(Cc1cccc2ccccc12)Oc1cc[nH+]cc1.F[P-](F)(F)(F)(F)F. The van der Waals surface area contributed by atoms with Crippen LogP contribution in [0, 0.1) is 0 Å². The van der Waals surface area contributed by atoms with E-state index in [1.165, 1.54) is 113 Å². The zero-order valence-corrected chi connectivity index (χ0v) is 26.5. The summed E-state index contributed by atoms with van der Waals surface area (Å²) in [5.41, 5.74) is 1.39. The molecule has 0 bridgehead atoms. The van der Waals surface area contributed by atoms with Crippen molar-refractivity contribution >= 4 is 18.6 Å². The van der Waals surface area contributed by atoms with E-state index in [4.69, 9.17) is 4.74 Å². The van der Waals surface area contributed by atoms with Crippen molar-refractivity contribution in [3.8, 4) is 5.75 Å². The average Bonchev–Trinajstić information content (AvgIpc) is 2.94. The van der Waals surface area contributed by atoms with Crippen LogP contribution in [0.5, 0.6) is 5.75 Å². The first-order valence-electron chi connectivity index (χ1n) is 16.0. The Bertz CT molecular complexity index is 1140. The van der Waals surface area contributed by atoms with Gasteiger partial charge >= 0.3 is 33.0 Å². The molecule has 1 aromatic heterocycles. The number of hydrogen-bond acceptors (Lipinski definition) is 1. The van der Waals surface area contributed by atoms with Crippen molar-refractivity contribution in [1.82, 2.24) is 0 Å². The monoisotopic (exact) mass is 633 g/mol. The predicted octanol–water partition coefficient (Wildman–Crippen LogP) is 13.3. The van der Waals surface area contributed by atoms with Crippen molar-refractivity contribution in [1.29, 1.82) is 0 Å². The van der Waals surface area contributed by atoms with E-state index in [-0.39, 0.29) is 6.10 Å². The van der Waals surface area contributed by atoms with Crippen LogP contribution in [0.15, 0.2) is 67.0 Å². The fourth-order valence-corrected chi connectivity index (χ4v) is 5.30. The molecule has 0 aliphatic heterocycles. The van der Waals surface area contributed by atoms with Crippen LogP contribution in [0.25, 0.3) is 10.8 Å². The minimum atomic E-state index is -10.7. The van der Waals surface area contributed by atoms with Crippen LogP contribution in [0.1, 0.15) is 115 Å².